The number of nitrogens with zero attached hydrogens (tertiary/aromatic N) is 2. The van der Waals surface area contributed by atoms with Crippen LogP contribution < -0.4 is 11.1 Å². The molecule has 0 unspecified atom stereocenters. The van der Waals surface area contributed by atoms with Gasteiger partial charge in [-0.25, -0.2) is 9.97 Å². The molecule has 0 saturated carbocycles. The minimum Gasteiger partial charge on any atom is -0.384 e. The smallest absolute Gasteiger partial charge is 0.135 e. The molecule has 1 aromatic heterocycles. The van der Waals surface area contributed by atoms with E-state index in [1.165, 1.54) is 17.5 Å². The van der Waals surface area contributed by atoms with E-state index in [1.807, 2.05) is 6.07 Å². The summed E-state index contributed by atoms with van der Waals surface area (Å²) in [5.41, 5.74) is 9.09. The van der Waals surface area contributed by atoms with Crippen molar-refractivity contribution in [1.82, 2.24) is 9.97 Å². The molecule has 4 nitrogen and oxygen atoms in total. The van der Waals surface area contributed by atoms with Gasteiger partial charge in [0.1, 0.15) is 18.0 Å². The maximum Gasteiger partial charge on any atom is 0.135 e. The predicted octanol–water partition coefficient (Wildman–Crippen LogP) is 2.42. The number of benzene rings is 1. The zero-order chi connectivity index (χ0) is 11.5. The van der Waals surface area contributed by atoms with E-state index in [0.717, 1.165) is 5.69 Å². The van der Waals surface area contributed by atoms with Gasteiger partial charge in [0.15, 0.2) is 0 Å². The van der Waals surface area contributed by atoms with Crippen molar-refractivity contribution in [2.45, 2.75) is 13.8 Å². The minimum absolute atomic E-state index is 0.460. The molecule has 0 aliphatic heterocycles. The first-order valence-corrected chi connectivity index (χ1v) is 5.07. The lowest BCUT2D eigenvalue weighted by molar-refractivity contribution is 1.17. The second-order valence-corrected chi connectivity index (χ2v) is 3.75. The van der Waals surface area contributed by atoms with E-state index in [4.69, 9.17) is 5.73 Å². The quantitative estimate of drug-likeness (QED) is 0.805. The standard InChI is InChI=1S/C12H14N4/c1-8-3-4-10(5-9(8)2)16-12-6-11(13)14-7-15-12/h3-7H,1-2H3,(H3,13,14,15,16). The van der Waals surface area contributed by atoms with Crippen LogP contribution in [0.2, 0.25) is 0 Å². The molecule has 2 aromatic rings. The summed E-state index contributed by atoms with van der Waals surface area (Å²) in [6.07, 6.45) is 1.44. The monoisotopic (exact) mass is 214 g/mol. The van der Waals surface area contributed by atoms with Crippen molar-refractivity contribution < 1.29 is 0 Å². The van der Waals surface area contributed by atoms with Crippen molar-refractivity contribution >= 4 is 17.3 Å². The summed E-state index contributed by atoms with van der Waals surface area (Å²) in [6, 6.07) is 7.87. The molecule has 1 heterocycles. The van der Waals surface area contributed by atoms with Crippen LogP contribution in [0.4, 0.5) is 17.3 Å². The van der Waals surface area contributed by atoms with Crippen LogP contribution in [0.5, 0.6) is 0 Å². The van der Waals surface area contributed by atoms with Crippen molar-refractivity contribution in [2.24, 2.45) is 0 Å². The molecule has 82 valence electrons. The third-order valence-corrected chi connectivity index (χ3v) is 2.47. The van der Waals surface area contributed by atoms with Crippen LogP contribution in [-0.2, 0) is 0 Å². The molecule has 0 radical (unpaired) electrons. The van der Waals surface area contributed by atoms with Crippen molar-refractivity contribution in [3.05, 3.63) is 41.7 Å². The van der Waals surface area contributed by atoms with Crippen LogP contribution in [0.15, 0.2) is 30.6 Å². The molecule has 4 heteroatoms. The second-order valence-electron chi connectivity index (χ2n) is 3.75. The first-order valence-electron chi connectivity index (χ1n) is 5.07. The van der Waals surface area contributed by atoms with E-state index < -0.39 is 0 Å². The van der Waals surface area contributed by atoms with E-state index in [9.17, 15) is 0 Å². The van der Waals surface area contributed by atoms with E-state index in [2.05, 4.69) is 41.3 Å². The zero-order valence-corrected chi connectivity index (χ0v) is 9.36. The molecule has 1 aromatic carbocycles. The average Bonchev–Trinajstić information content (AvgIpc) is 2.24. The number of aryl methyl sites for hydroxylation is 2. The van der Waals surface area contributed by atoms with Gasteiger partial charge in [-0.2, -0.15) is 0 Å². The van der Waals surface area contributed by atoms with Crippen LogP contribution in [0, 0.1) is 13.8 Å². The largest absolute Gasteiger partial charge is 0.384 e. The van der Waals surface area contributed by atoms with E-state index in [1.54, 1.807) is 6.07 Å². The lowest BCUT2D eigenvalue weighted by atomic mass is 10.1. The number of rotatable bonds is 2. The van der Waals surface area contributed by atoms with Crippen LogP contribution in [-0.4, -0.2) is 9.97 Å². The molecule has 0 fully saturated rings. The summed E-state index contributed by atoms with van der Waals surface area (Å²) >= 11 is 0. The van der Waals surface area contributed by atoms with Crippen LogP contribution >= 0.6 is 0 Å². The van der Waals surface area contributed by atoms with Gasteiger partial charge >= 0.3 is 0 Å². The maximum absolute atomic E-state index is 5.58. The summed E-state index contributed by atoms with van der Waals surface area (Å²) in [4.78, 5) is 7.92. The Labute approximate surface area is 94.5 Å². The number of nitrogens with two attached hydrogens (primary N) is 1. The Hall–Kier alpha value is -2.10. The number of hydrogen-bond donors (Lipinski definition) is 2. The molecule has 0 spiro atoms. The molecular formula is C12H14N4. The minimum atomic E-state index is 0.460. The molecule has 16 heavy (non-hydrogen) atoms. The summed E-state index contributed by atoms with van der Waals surface area (Å²) in [5.74, 6) is 1.16. The molecule has 3 N–H and O–H groups in total. The highest BCUT2D eigenvalue weighted by Gasteiger charge is 1.99. The molecule has 0 saturated heterocycles. The van der Waals surface area contributed by atoms with Crippen LogP contribution in [0.1, 0.15) is 11.1 Å². The van der Waals surface area contributed by atoms with Gasteiger partial charge in [-0.3, -0.25) is 0 Å². The maximum atomic E-state index is 5.58. The predicted molar refractivity (Wildman–Crippen MR) is 65.6 cm³/mol. The number of nitrogen functional groups attached to an aromatic ring is 1. The number of nitrogens with one attached hydrogen (secondary N) is 1. The Morgan fingerprint density at radius 3 is 2.56 bits per heavy atom. The van der Waals surface area contributed by atoms with Gasteiger partial charge in [0, 0.05) is 11.8 Å². The van der Waals surface area contributed by atoms with Gasteiger partial charge in [-0.05, 0) is 37.1 Å². The lowest BCUT2D eigenvalue weighted by Gasteiger charge is -2.07. The van der Waals surface area contributed by atoms with Crippen LogP contribution in [0.25, 0.3) is 0 Å². The average molecular weight is 214 g/mol. The normalized spacial score (nSPS) is 10.1. The Morgan fingerprint density at radius 2 is 1.88 bits per heavy atom. The molecule has 0 amide bonds. The molecule has 0 aliphatic rings. The summed E-state index contributed by atoms with van der Waals surface area (Å²) in [6.45, 7) is 4.16. The summed E-state index contributed by atoms with van der Waals surface area (Å²) in [5, 5.41) is 3.18. The number of hydrogen-bond acceptors (Lipinski definition) is 4. The first-order chi connectivity index (χ1) is 7.65. The fraction of sp³-hybridized carbons (Fsp3) is 0.167. The Balaban J connectivity index is 2.24. The topological polar surface area (TPSA) is 63.8 Å². The highest BCUT2D eigenvalue weighted by atomic mass is 15.0. The molecule has 0 bridgehead atoms. The van der Waals surface area contributed by atoms with Gasteiger partial charge < -0.3 is 11.1 Å². The molecule has 2 rings (SSSR count). The van der Waals surface area contributed by atoms with Gasteiger partial charge in [-0.15, -0.1) is 0 Å². The number of anilines is 3. The van der Waals surface area contributed by atoms with Crippen molar-refractivity contribution in [1.29, 1.82) is 0 Å². The second kappa shape index (κ2) is 4.18. The summed E-state index contributed by atoms with van der Waals surface area (Å²) in [7, 11) is 0. The highest BCUT2D eigenvalue weighted by Crippen LogP contribution is 2.18. The molecular weight excluding hydrogens is 200 g/mol. The van der Waals surface area contributed by atoms with Gasteiger partial charge in [0.2, 0.25) is 0 Å². The Kier molecular flexibility index (Phi) is 2.72. The lowest BCUT2D eigenvalue weighted by Crippen LogP contribution is -1.97. The Morgan fingerprint density at radius 1 is 1.06 bits per heavy atom. The van der Waals surface area contributed by atoms with Crippen molar-refractivity contribution in [3.63, 3.8) is 0 Å². The summed E-state index contributed by atoms with van der Waals surface area (Å²) < 4.78 is 0. The van der Waals surface area contributed by atoms with E-state index in [-0.39, 0.29) is 0 Å². The fourth-order valence-electron chi connectivity index (χ4n) is 1.41. The fourth-order valence-corrected chi connectivity index (χ4v) is 1.41. The zero-order valence-electron chi connectivity index (χ0n) is 9.36. The van der Waals surface area contributed by atoms with Crippen LogP contribution in [0.3, 0.4) is 0 Å². The third-order valence-electron chi connectivity index (χ3n) is 2.47. The van der Waals surface area contributed by atoms with Crippen molar-refractivity contribution in [3.8, 4) is 0 Å². The van der Waals surface area contributed by atoms with Gasteiger partial charge in [-0.1, -0.05) is 6.07 Å². The van der Waals surface area contributed by atoms with E-state index >= 15 is 0 Å². The first kappa shape index (κ1) is 10.4. The third kappa shape index (κ3) is 2.28. The van der Waals surface area contributed by atoms with Gasteiger partial charge in [0.25, 0.3) is 0 Å². The molecule has 0 aliphatic carbocycles. The van der Waals surface area contributed by atoms with Crippen molar-refractivity contribution in [2.75, 3.05) is 11.1 Å². The Bertz CT molecular complexity index is 508. The molecule has 0 atom stereocenters. The highest BCUT2D eigenvalue weighted by molar-refractivity contribution is 5.59. The van der Waals surface area contributed by atoms with Gasteiger partial charge in [0.05, 0.1) is 0 Å². The van der Waals surface area contributed by atoms with E-state index in [0.29, 0.717) is 11.6 Å². The SMILES string of the molecule is Cc1ccc(Nc2cc(N)ncn2)cc1C. The number of aromatic nitrogens is 2.